The Morgan fingerprint density at radius 3 is 2.00 bits per heavy atom. The van der Waals surface area contributed by atoms with E-state index in [-0.39, 0.29) is 0 Å². The maximum Gasteiger partial charge on any atom is 0.151 e. The van der Waals surface area contributed by atoms with Crippen LogP contribution < -0.4 is 0 Å². The quantitative estimate of drug-likeness (QED) is 0.473. The van der Waals surface area contributed by atoms with Gasteiger partial charge in [0.05, 0.1) is 10.8 Å². The predicted molar refractivity (Wildman–Crippen MR) is 38.2 cm³/mol. The molecule has 2 nitrogen and oxygen atoms in total. The average Bonchev–Trinajstić information content (AvgIpc) is 1.67. The summed E-state index contributed by atoms with van der Waals surface area (Å²) in [6.07, 6.45) is 1.58. The highest BCUT2D eigenvalue weighted by Crippen LogP contribution is 2.13. The third-order valence-electron chi connectivity index (χ3n) is 0.912. The van der Waals surface area contributed by atoms with E-state index in [1.165, 1.54) is 0 Å². The van der Waals surface area contributed by atoms with E-state index in [1.807, 2.05) is 0 Å². The molecule has 0 aliphatic carbocycles. The van der Waals surface area contributed by atoms with Gasteiger partial charge in [0.15, 0.2) is 4.93 Å². The second-order valence-corrected chi connectivity index (χ2v) is 4.02. The molecule has 0 aromatic carbocycles. The molecular formula is C4H10O2S2. The molecule has 0 rings (SSSR count). The molecule has 0 heterocycles. The molecule has 0 radical (unpaired) electrons. The van der Waals surface area contributed by atoms with Crippen molar-refractivity contribution < 1.29 is 8.39 Å². The van der Waals surface area contributed by atoms with Crippen molar-refractivity contribution in [2.75, 3.05) is 6.26 Å². The SMILES string of the molecule is CS(=O)C(C)(C)OS. The molecule has 1 atom stereocenters. The molecule has 0 bridgehead atoms. The van der Waals surface area contributed by atoms with Crippen LogP contribution in [0.25, 0.3) is 0 Å². The van der Waals surface area contributed by atoms with Crippen LogP contribution in [0.5, 0.6) is 0 Å². The molecule has 0 saturated carbocycles. The highest BCUT2D eigenvalue weighted by Gasteiger charge is 2.21. The maximum absolute atomic E-state index is 10.6. The van der Waals surface area contributed by atoms with Gasteiger partial charge in [-0.15, -0.1) is 0 Å². The fraction of sp³-hybridized carbons (Fsp3) is 1.00. The van der Waals surface area contributed by atoms with Crippen LogP contribution in [0.2, 0.25) is 0 Å². The minimum atomic E-state index is -0.975. The molecule has 0 saturated heterocycles. The van der Waals surface area contributed by atoms with E-state index >= 15 is 0 Å². The minimum Gasteiger partial charge on any atom is -0.299 e. The Bertz CT molecular complexity index is 100. The van der Waals surface area contributed by atoms with Gasteiger partial charge >= 0.3 is 0 Å². The van der Waals surface area contributed by atoms with E-state index in [1.54, 1.807) is 20.1 Å². The fourth-order valence-electron chi connectivity index (χ4n) is 0.0525. The smallest absolute Gasteiger partial charge is 0.151 e. The summed E-state index contributed by atoms with van der Waals surface area (Å²) < 4.78 is 15.2. The van der Waals surface area contributed by atoms with Crippen LogP contribution in [0, 0.1) is 0 Å². The normalized spacial score (nSPS) is 16.0. The molecule has 0 aromatic heterocycles. The van der Waals surface area contributed by atoms with Crippen LogP contribution in [-0.4, -0.2) is 15.4 Å². The first-order chi connectivity index (χ1) is 3.50. The molecule has 4 heteroatoms. The predicted octanol–water partition coefficient (Wildman–Crippen LogP) is 0.962. The van der Waals surface area contributed by atoms with Crippen molar-refractivity contribution in [2.45, 2.75) is 18.8 Å². The summed E-state index contributed by atoms with van der Waals surface area (Å²) in [6.45, 7) is 3.44. The lowest BCUT2D eigenvalue weighted by Gasteiger charge is -2.16. The van der Waals surface area contributed by atoms with Crippen molar-refractivity contribution in [1.29, 1.82) is 0 Å². The summed E-state index contributed by atoms with van der Waals surface area (Å²) in [4.78, 5) is -0.622. The summed E-state index contributed by atoms with van der Waals surface area (Å²) in [5, 5.41) is 0. The Morgan fingerprint density at radius 2 is 2.00 bits per heavy atom. The van der Waals surface area contributed by atoms with E-state index in [2.05, 4.69) is 17.1 Å². The number of hydrogen-bond acceptors (Lipinski definition) is 3. The molecule has 0 aliphatic heterocycles. The van der Waals surface area contributed by atoms with Gasteiger partial charge < -0.3 is 0 Å². The molecule has 0 aromatic rings. The first-order valence-electron chi connectivity index (χ1n) is 2.17. The van der Waals surface area contributed by atoms with Crippen molar-refractivity contribution in [3.8, 4) is 0 Å². The van der Waals surface area contributed by atoms with E-state index in [0.717, 1.165) is 0 Å². The zero-order chi connectivity index (χ0) is 6.78. The summed E-state index contributed by atoms with van der Waals surface area (Å²) in [7, 11) is -0.975. The molecule has 0 N–H and O–H groups in total. The van der Waals surface area contributed by atoms with E-state index < -0.39 is 15.7 Å². The third-order valence-corrected chi connectivity index (χ3v) is 2.96. The molecule has 0 spiro atoms. The van der Waals surface area contributed by atoms with Crippen LogP contribution in [0.4, 0.5) is 0 Å². The van der Waals surface area contributed by atoms with Crippen molar-refractivity contribution in [1.82, 2.24) is 0 Å². The molecular weight excluding hydrogens is 144 g/mol. The monoisotopic (exact) mass is 154 g/mol. The van der Waals surface area contributed by atoms with Crippen LogP contribution >= 0.6 is 12.9 Å². The lowest BCUT2D eigenvalue weighted by molar-refractivity contribution is 0.248. The summed E-state index contributed by atoms with van der Waals surface area (Å²) in [6, 6.07) is 0. The van der Waals surface area contributed by atoms with Gasteiger partial charge in [0, 0.05) is 6.26 Å². The highest BCUT2D eigenvalue weighted by atomic mass is 32.2. The van der Waals surface area contributed by atoms with Gasteiger partial charge in [-0.25, -0.2) is 0 Å². The van der Waals surface area contributed by atoms with Gasteiger partial charge in [0.1, 0.15) is 0 Å². The maximum atomic E-state index is 10.6. The Hall–Kier alpha value is 0.460. The topological polar surface area (TPSA) is 26.3 Å². The van der Waals surface area contributed by atoms with Gasteiger partial charge in [0.2, 0.25) is 0 Å². The summed E-state index contributed by atoms with van der Waals surface area (Å²) in [5.41, 5.74) is 0. The van der Waals surface area contributed by atoms with E-state index in [4.69, 9.17) is 0 Å². The van der Waals surface area contributed by atoms with Crippen LogP contribution in [0.3, 0.4) is 0 Å². The summed E-state index contributed by atoms with van der Waals surface area (Å²) in [5.74, 6) is 0. The molecule has 1 unspecified atom stereocenters. The second kappa shape index (κ2) is 2.85. The van der Waals surface area contributed by atoms with Crippen LogP contribution in [0.1, 0.15) is 13.8 Å². The van der Waals surface area contributed by atoms with Gasteiger partial charge in [-0.05, 0) is 26.8 Å². The molecule has 0 aliphatic rings. The van der Waals surface area contributed by atoms with E-state index in [9.17, 15) is 4.21 Å². The van der Waals surface area contributed by atoms with Gasteiger partial charge in [-0.2, -0.15) is 0 Å². The van der Waals surface area contributed by atoms with Crippen molar-refractivity contribution in [2.24, 2.45) is 0 Å². The largest absolute Gasteiger partial charge is 0.299 e. The zero-order valence-corrected chi connectivity index (χ0v) is 6.88. The average molecular weight is 154 g/mol. The van der Waals surface area contributed by atoms with Crippen molar-refractivity contribution >= 4 is 23.7 Å². The second-order valence-electron chi connectivity index (χ2n) is 1.95. The Balaban J connectivity index is 3.91. The lowest BCUT2D eigenvalue weighted by atomic mass is 10.5. The van der Waals surface area contributed by atoms with Crippen LogP contribution in [-0.2, 0) is 15.0 Å². The van der Waals surface area contributed by atoms with Crippen LogP contribution in [0.15, 0.2) is 0 Å². The van der Waals surface area contributed by atoms with Crippen molar-refractivity contribution in [3.63, 3.8) is 0 Å². The summed E-state index contributed by atoms with van der Waals surface area (Å²) >= 11 is 3.55. The molecule has 50 valence electrons. The Labute approximate surface area is 57.7 Å². The Kier molecular flexibility index (Phi) is 3.01. The first kappa shape index (κ1) is 8.46. The van der Waals surface area contributed by atoms with Gasteiger partial charge in [-0.3, -0.25) is 8.39 Å². The van der Waals surface area contributed by atoms with Gasteiger partial charge in [0.25, 0.3) is 0 Å². The number of thiol groups is 1. The number of rotatable bonds is 2. The van der Waals surface area contributed by atoms with Crippen molar-refractivity contribution in [3.05, 3.63) is 0 Å². The lowest BCUT2D eigenvalue weighted by Crippen LogP contribution is -2.25. The molecule has 8 heavy (non-hydrogen) atoms. The number of hydrogen-bond donors (Lipinski definition) is 1. The highest BCUT2D eigenvalue weighted by molar-refractivity contribution is 7.86. The molecule has 0 fully saturated rings. The standard InChI is InChI=1S/C4H10O2S2/c1-4(2,6-7)8(3)5/h7H,1-3H3. The third kappa shape index (κ3) is 2.15. The zero-order valence-electron chi connectivity index (χ0n) is 5.17. The van der Waals surface area contributed by atoms with E-state index in [0.29, 0.717) is 0 Å². The minimum absolute atomic E-state index is 0.622. The van der Waals surface area contributed by atoms with Gasteiger partial charge in [-0.1, -0.05) is 0 Å². The first-order valence-corrected chi connectivity index (χ1v) is 4.09. The Morgan fingerprint density at radius 1 is 1.62 bits per heavy atom. The fourth-order valence-corrected chi connectivity index (χ4v) is 0.472. The molecule has 0 amide bonds.